The predicted molar refractivity (Wildman–Crippen MR) is 77.4 cm³/mol. The molecule has 0 aliphatic carbocycles. The maximum absolute atomic E-state index is 12.5. The van der Waals surface area contributed by atoms with Gasteiger partial charge in [-0.1, -0.05) is 24.3 Å². The zero-order chi connectivity index (χ0) is 15.0. The SMILES string of the molecule is O=C(O)c1cccc2cccc(C(=O)N3CC(CO)C3)c12. The van der Waals surface area contributed by atoms with E-state index in [4.69, 9.17) is 5.11 Å². The van der Waals surface area contributed by atoms with Crippen LogP contribution in [-0.4, -0.2) is 46.7 Å². The van der Waals surface area contributed by atoms with E-state index >= 15 is 0 Å². The van der Waals surface area contributed by atoms with Gasteiger partial charge in [0, 0.05) is 36.6 Å². The number of carboxylic acid groups (broad SMARTS) is 1. The van der Waals surface area contributed by atoms with Crippen LogP contribution < -0.4 is 0 Å². The summed E-state index contributed by atoms with van der Waals surface area (Å²) in [6.07, 6.45) is 0. The van der Waals surface area contributed by atoms with Crippen LogP contribution in [0.15, 0.2) is 36.4 Å². The average Bonchev–Trinajstić information content (AvgIpc) is 2.44. The Morgan fingerprint density at radius 3 is 2.29 bits per heavy atom. The van der Waals surface area contributed by atoms with Crippen molar-refractivity contribution in [3.8, 4) is 0 Å². The average molecular weight is 285 g/mol. The Bertz CT molecular complexity index is 714. The monoisotopic (exact) mass is 285 g/mol. The Labute approximate surface area is 121 Å². The summed E-state index contributed by atoms with van der Waals surface area (Å²) in [7, 11) is 0. The molecule has 1 saturated heterocycles. The molecule has 0 atom stereocenters. The Morgan fingerprint density at radius 2 is 1.71 bits per heavy atom. The van der Waals surface area contributed by atoms with Crippen LogP contribution in [0.5, 0.6) is 0 Å². The van der Waals surface area contributed by atoms with Gasteiger partial charge in [0.1, 0.15) is 0 Å². The zero-order valence-corrected chi connectivity index (χ0v) is 11.3. The highest BCUT2D eigenvalue weighted by atomic mass is 16.4. The largest absolute Gasteiger partial charge is 0.478 e. The normalized spacial score (nSPS) is 15.0. The van der Waals surface area contributed by atoms with Gasteiger partial charge >= 0.3 is 5.97 Å². The smallest absolute Gasteiger partial charge is 0.336 e. The number of aromatic carboxylic acids is 1. The van der Waals surface area contributed by atoms with E-state index in [0.29, 0.717) is 24.0 Å². The lowest BCUT2D eigenvalue weighted by molar-refractivity contribution is 0.0364. The van der Waals surface area contributed by atoms with Crippen LogP contribution in [-0.2, 0) is 0 Å². The van der Waals surface area contributed by atoms with Crippen molar-refractivity contribution in [2.24, 2.45) is 5.92 Å². The Hall–Kier alpha value is -2.40. The van der Waals surface area contributed by atoms with Gasteiger partial charge in [-0.25, -0.2) is 4.79 Å². The van der Waals surface area contributed by atoms with E-state index < -0.39 is 5.97 Å². The molecule has 1 aliphatic rings. The molecule has 5 heteroatoms. The minimum absolute atomic E-state index is 0.0691. The van der Waals surface area contributed by atoms with Gasteiger partial charge < -0.3 is 15.1 Å². The van der Waals surface area contributed by atoms with Crippen LogP contribution in [0.25, 0.3) is 10.8 Å². The molecule has 5 nitrogen and oxygen atoms in total. The molecule has 1 fully saturated rings. The number of hydrogen-bond acceptors (Lipinski definition) is 3. The number of hydrogen-bond donors (Lipinski definition) is 2. The summed E-state index contributed by atoms with van der Waals surface area (Å²) in [4.78, 5) is 25.5. The van der Waals surface area contributed by atoms with E-state index in [1.54, 1.807) is 35.2 Å². The third kappa shape index (κ3) is 2.25. The lowest BCUT2D eigenvalue weighted by Crippen LogP contribution is -2.51. The van der Waals surface area contributed by atoms with Crippen molar-refractivity contribution in [2.75, 3.05) is 19.7 Å². The fourth-order valence-electron chi connectivity index (χ4n) is 2.72. The summed E-state index contributed by atoms with van der Waals surface area (Å²) in [5.41, 5.74) is 0.539. The molecule has 0 radical (unpaired) electrons. The number of carbonyl (C=O) groups excluding carboxylic acids is 1. The van der Waals surface area contributed by atoms with E-state index in [9.17, 15) is 14.7 Å². The van der Waals surface area contributed by atoms with Gasteiger partial charge in [-0.15, -0.1) is 0 Å². The van der Waals surface area contributed by atoms with E-state index in [1.165, 1.54) is 6.07 Å². The summed E-state index contributed by atoms with van der Waals surface area (Å²) in [5.74, 6) is -1.10. The number of aliphatic hydroxyl groups is 1. The molecule has 21 heavy (non-hydrogen) atoms. The molecule has 3 rings (SSSR count). The Balaban J connectivity index is 2.06. The Morgan fingerprint density at radius 1 is 1.10 bits per heavy atom. The molecular weight excluding hydrogens is 270 g/mol. The highest BCUT2D eigenvalue weighted by Gasteiger charge is 2.31. The summed E-state index contributed by atoms with van der Waals surface area (Å²) in [5, 5.41) is 19.6. The second-order valence-electron chi connectivity index (χ2n) is 5.27. The van der Waals surface area contributed by atoms with Gasteiger partial charge in [-0.2, -0.15) is 0 Å². The summed E-state index contributed by atoms with van der Waals surface area (Å²) in [6.45, 7) is 1.10. The first-order valence-electron chi connectivity index (χ1n) is 6.77. The topological polar surface area (TPSA) is 77.8 Å². The molecule has 2 aromatic carbocycles. The molecule has 2 N–H and O–H groups in total. The maximum atomic E-state index is 12.5. The van der Waals surface area contributed by atoms with E-state index in [-0.39, 0.29) is 24.0 Å². The van der Waals surface area contributed by atoms with E-state index in [1.807, 2.05) is 0 Å². The molecule has 0 saturated carbocycles. The molecule has 0 aromatic heterocycles. The van der Waals surface area contributed by atoms with Gasteiger partial charge in [0.15, 0.2) is 0 Å². The third-order valence-corrected chi connectivity index (χ3v) is 3.87. The molecule has 0 spiro atoms. The van der Waals surface area contributed by atoms with Gasteiger partial charge in [-0.05, 0) is 17.5 Å². The van der Waals surface area contributed by atoms with E-state index in [2.05, 4.69) is 0 Å². The minimum Gasteiger partial charge on any atom is -0.478 e. The van der Waals surface area contributed by atoms with Crippen LogP contribution in [0, 0.1) is 5.92 Å². The second kappa shape index (κ2) is 5.18. The van der Waals surface area contributed by atoms with Gasteiger partial charge in [-0.3, -0.25) is 4.79 Å². The van der Waals surface area contributed by atoms with Crippen LogP contribution in [0.4, 0.5) is 0 Å². The maximum Gasteiger partial charge on any atom is 0.336 e. The molecule has 1 amide bonds. The quantitative estimate of drug-likeness (QED) is 0.898. The number of benzene rings is 2. The number of carbonyl (C=O) groups is 2. The fraction of sp³-hybridized carbons (Fsp3) is 0.250. The first kappa shape index (κ1) is 13.6. The second-order valence-corrected chi connectivity index (χ2v) is 5.27. The highest BCUT2D eigenvalue weighted by molar-refractivity contribution is 6.14. The first-order valence-corrected chi connectivity index (χ1v) is 6.77. The van der Waals surface area contributed by atoms with E-state index in [0.717, 1.165) is 5.39 Å². The van der Waals surface area contributed by atoms with Crippen molar-refractivity contribution in [2.45, 2.75) is 0 Å². The number of rotatable bonds is 3. The van der Waals surface area contributed by atoms with Crippen LogP contribution in [0.1, 0.15) is 20.7 Å². The highest BCUT2D eigenvalue weighted by Crippen LogP contribution is 2.26. The molecule has 2 aromatic rings. The standard InChI is InChI=1S/C16H15NO4/c18-9-10-7-17(8-10)15(19)12-5-1-3-11-4-2-6-13(14(11)12)16(20)21/h1-6,10,18H,7-9H2,(H,20,21). The van der Waals surface area contributed by atoms with Gasteiger partial charge in [0.2, 0.25) is 0 Å². The van der Waals surface area contributed by atoms with Gasteiger partial charge in [0.05, 0.1) is 5.56 Å². The van der Waals surface area contributed by atoms with Crippen molar-refractivity contribution in [1.29, 1.82) is 0 Å². The van der Waals surface area contributed by atoms with Crippen LogP contribution in [0.3, 0.4) is 0 Å². The molecule has 0 unspecified atom stereocenters. The lowest BCUT2D eigenvalue weighted by Gasteiger charge is -2.38. The van der Waals surface area contributed by atoms with Crippen LogP contribution in [0.2, 0.25) is 0 Å². The summed E-state index contributed by atoms with van der Waals surface area (Å²) < 4.78 is 0. The Kier molecular flexibility index (Phi) is 3.35. The summed E-state index contributed by atoms with van der Waals surface area (Å²) >= 11 is 0. The number of amides is 1. The third-order valence-electron chi connectivity index (χ3n) is 3.87. The molecule has 0 bridgehead atoms. The number of fused-ring (bicyclic) bond motifs is 1. The number of likely N-dealkylation sites (tertiary alicyclic amines) is 1. The van der Waals surface area contributed by atoms with Crippen molar-refractivity contribution in [3.05, 3.63) is 47.5 Å². The summed E-state index contributed by atoms with van der Waals surface area (Å²) in [6, 6.07) is 10.2. The molecular formula is C16H15NO4. The predicted octanol–water partition coefficient (Wildman–Crippen LogP) is 1.60. The zero-order valence-electron chi connectivity index (χ0n) is 11.3. The first-order chi connectivity index (χ1) is 10.1. The van der Waals surface area contributed by atoms with Gasteiger partial charge in [0.25, 0.3) is 5.91 Å². The number of carboxylic acids is 1. The number of nitrogens with zero attached hydrogens (tertiary/aromatic N) is 1. The van der Waals surface area contributed by atoms with Crippen molar-refractivity contribution >= 4 is 22.6 Å². The van der Waals surface area contributed by atoms with Crippen molar-refractivity contribution < 1.29 is 19.8 Å². The number of aliphatic hydroxyl groups excluding tert-OH is 1. The molecule has 1 heterocycles. The van der Waals surface area contributed by atoms with Crippen molar-refractivity contribution in [3.63, 3.8) is 0 Å². The molecule has 1 aliphatic heterocycles. The minimum atomic E-state index is -1.04. The van der Waals surface area contributed by atoms with Crippen LogP contribution >= 0.6 is 0 Å². The lowest BCUT2D eigenvalue weighted by atomic mass is 9.95. The molecule has 108 valence electrons. The van der Waals surface area contributed by atoms with Crippen molar-refractivity contribution in [1.82, 2.24) is 4.90 Å². The fourth-order valence-corrected chi connectivity index (χ4v) is 2.72.